The first-order chi connectivity index (χ1) is 12.0. The molecule has 0 unspecified atom stereocenters. The highest BCUT2D eigenvalue weighted by atomic mass is 16.5. The first kappa shape index (κ1) is 18.6. The predicted octanol–water partition coefficient (Wildman–Crippen LogP) is 2.68. The zero-order valence-electron chi connectivity index (χ0n) is 15.0. The zero-order valence-corrected chi connectivity index (χ0v) is 15.0. The number of amides is 2. The van der Waals surface area contributed by atoms with E-state index >= 15 is 0 Å². The Morgan fingerprint density at radius 2 is 2.00 bits per heavy atom. The molecule has 1 aromatic rings. The van der Waals surface area contributed by atoms with Crippen LogP contribution in [0.4, 0.5) is 4.79 Å². The van der Waals surface area contributed by atoms with Crippen LogP contribution in [0.15, 0.2) is 29.5 Å². The van der Waals surface area contributed by atoms with Gasteiger partial charge in [-0.2, -0.15) is 0 Å². The second-order valence-electron chi connectivity index (χ2n) is 5.67. The van der Waals surface area contributed by atoms with E-state index in [1.54, 1.807) is 32.2 Å². The minimum absolute atomic E-state index is 0.340. The molecule has 2 rings (SSSR count). The minimum atomic E-state index is -0.663. The van der Waals surface area contributed by atoms with Crippen molar-refractivity contribution in [3.05, 3.63) is 35.0 Å². The molecule has 0 aliphatic carbocycles. The molecular formula is C18H24N2O5. The first-order valence-corrected chi connectivity index (χ1v) is 8.19. The van der Waals surface area contributed by atoms with Crippen LogP contribution in [0.25, 0.3) is 0 Å². The van der Waals surface area contributed by atoms with Gasteiger partial charge >= 0.3 is 12.0 Å². The average Bonchev–Trinajstić information content (AvgIpc) is 2.60. The van der Waals surface area contributed by atoms with E-state index in [-0.39, 0.29) is 6.03 Å². The molecule has 2 amide bonds. The third kappa shape index (κ3) is 4.23. The van der Waals surface area contributed by atoms with E-state index in [0.717, 1.165) is 12.8 Å². The van der Waals surface area contributed by atoms with Crippen LogP contribution in [-0.2, 0) is 9.53 Å². The molecule has 1 aliphatic heterocycles. The number of hydrogen-bond donors (Lipinski definition) is 2. The topological polar surface area (TPSA) is 85.9 Å². The summed E-state index contributed by atoms with van der Waals surface area (Å²) in [6.07, 6.45) is 1.71. The monoisotopic (exact) mass is 348 g/mol. The van der Waals surface area contributed by atoms with Gasteiger partial charge in [-0.25, -0.2) is 9.59 Å². The Morgan fingerprint density at radius 3 is 2.64 bits per heavy atom. The molecule has 0 fully saturated rings. The van der Waals surface area contributed by atoms with Crippen LogP contribution < -0.4 is 20.1 Å². The Morgan fingerprint density at radius 1 is 1.24 bits per heavy atom. The van der Waals surface area contributed by atoms with Gasteiger partial charge in [-0.3, -0.25) is 0 Å². The maximum atomic E-state index is 12.6. The Kier molecular flexibility index (Phi) is 6.27. The maximum absolute atomic E-state index is 12.6. The largest absolute Gasteiger partial charge is 0.497 e. The number of esters is 1. The summed E-state index contributed by atoms with van der Waals surface area (Å²) in [4.78, 5) is 24.5. The van der Waals surface area contributed by atoms with Crippen LogP contribution >= 0.6 is 0 Å². The molecule has 7 heteroatoms. The SMILES string of the molecule is CCCCOC(=O)C1=C(C)NC(=O)N[C@@H]1c1ccc(OC)cc1OC. The van der Waals surface area contributed by atoms with Crippen LogP contribution in [0.5, 0.6) is 11.5 Å². The van der Waals surface area contributed by atoms with Gasteiger partial charge in [-0.15, -0.1) is 0 Å². The molecule has 0 saturated carbocycles. The van der Waals surface area contributed by atoms with Crippen molar-refractivity contribution < 1.29 is 23.8 Å². The van der Waals surface area contributed by atoms with Gasteiger partial charge in [0, 0.05) is 17.3 Å². The van der Waals surface area contributed by atoms with Crippen molar-refractivity contribution in [3.63, 3.8) is 0 Å². The van der Waals surface area contributed by atoms with Crippen molar-refractivity contribution in [2.75, 3.05) is 20.8 Å². The molecule has 2 N–H and O–H groups in total. The van der Waals surface area contributed by atoms with Crippen LogP contribution in [0.3, 0.4) is 0 Å². The standard InChI is InChI=1S/C18H24N2O5/c1-5-6-9-25-17(21)15-11(2)19-18(22)20-16(15)13-8-7-12(23-3)10-14(13)24-4/h7-8,10,16H,5-6,9H2,1-4H3,(H2,19,20,22)/t16-/m1/s1. The molecule has 7 nitrogen and oxygen atoms in total. The number of unbranched alkanes of at least 4 members (excludes halogenated alkanes) is 1. The summed E-state index contributed by atoms with van der Waals surface area (Å²) in [7, 11) is 3.08. The second-order valence-corrected chi connectivity index (χ2v) is 5.67. The number of ether oxygens (including phenoxy) is 3. The molecule has 0 aromatic heterocycles. The summed E-state index contributed by atoms with van der Waals surface area (Å²) in [6.45, 7) is 4.04. The van der Waals surface area contributed by atoms with Crippen molar-refractivity contribution in [2.45, 2.75) is 32.7 Å². The second kappa shape index (κ2) is 8.41. The number of carbonyl (C=O) groups is 2. The predicted molar refractivity (Wildman–Crippen MR) is 92.5 cm³/mol. The lowest BCUT2D eigenvalue weighted by molar-refractivity contribution is -0.139. The van der Waals surface area contributed by atoms with Gasteiger partial charge in [0.2, 0.25) is 0 Å². The summed E-state index contributed by atoms with van der Waals surface area (Å²) in [5.41, 5.74) is 1.48. The Balaban J connectivity index is 2.40. The fourth-order valence-electron chi connectivity index (χ4n) is 2.64. The lowest BCUT2D eigenvalue weighted by Gasteiger charge is -2.29. The van der Waals surface area contributed by atoms with Gasteiger partial charge in [0.05, 0.1) is 32.4 Å². The van der Waals surface area contributed by atoms with Crippen molar-refractivity contribution in [2.24, 2.45) is 0 Å². The number of rotatable bonds is 7. The van der Waals surface area contributed by atoms with Gasteiger partial charge in [0.1, 0.15) is 11.5 Å². The summed E-state index contributed by atoms with van der Waals surface area (Å²) in [5, 5.41) is 5.39. The van der Waals surface area contributed by atoms with E-state index in [1.807, 2.05) is 6.92 Å². The Bertz CT molecular complexity index is 684. The van der Waals surface area contributed by atoms with Gasteiger partial charge in [0.15, 0.2) is 0 Å². The normalized spacial score (nSPS) is 16.8. The van der Waals surface area contributed by atoms with Gasteiger partial charge in [-0.1, -0.05) is 13.3 Å². The van der Waals surface area contributed by atoms with Crippen LogP contribution in [0.2, 0.25) is 0 Å². The van der Waals surface area contributed by atoms with Crippen molar-refractivity contribution in [1.29, 1.82) is 0 Å². The third-order valence-corrected chi connectivity index (χ3v) is 3.97. The number of urea groups is 1. The highest BCUT2D eigenvalue weighted by Crippen LogP contribution is 2.35. The molecule has 0 radical (unpaired) electrons. The van der Waals surface area contributed by atoms with E-state index in [0.29, 0.717) is 34.9 Å². The van der Waals surface area contributed by atoms with E-state index < -0.39 is 12.0 Å². The molecule has 0 bridgehead atoms. The van der Waals surface area contributed by atoms with E-state index in [1.165, 1.54) is 7.11 Å². The van der Waals surface area contributed by atoms with E-state index in [9.17, 15) is 9.59 Å². The number of nitrogens with one attached hydrogen (secondary N) is 2. The summed E-state index contributed by atoms with van der Waals surface area (Å²) >= 11 is 0. The molecular weight excluding hydrogens is 324 g/mol. The highest BCUT2D eigenvalue weighted by Gasteiger charge is 2.34. The highest BCUT2D eigenvalue weighted by molar-refractivity contribution is 5.95. The van der Waals surface area contributed by atoms with Gasteiger partial charge in [-0.05, 0) is 25.5 Å². The maximum Gasteiger partial charge on any atom is 0.338 e. The lowest BCUT2D eigenvalue weighted by atomic mass is 9.94. The molecule has 0 spiro atoms. The summed E-state index contributed by atoms with van der Waals surface area (Å²) in [6, 6.07) is 4.18. The first-order valence-electron chi connectivity index (χ1n) is 8.19. The summed E-state index contributed by atoms with van der Waals surface area (Å²) < 4.78 is 16.0. The molecule has 25 heavy (non-hydrogen) atoms. The van der Waals surface area contributed by atoms with Gasteiger partial charge < -0.3 is 24.8 Å². The molecule has 1 heterocycles. The molecule has 1 atom stereocenters. The average molecular weight is 348 g/mol. The van der Waals surface area contributed by atoms with Crippen LogP contribution in [0, 0.1) is 0 Å². The third-order valence-electron chi connectivity index (χ3n) is 3.97. The molecule has 1 aliphatic rings. The van der Waals surface area contributed by atoms with Crippen LogP contribution in [-0.4, -0.2) is 32.8 Å². The number of benzene rings is 1. The van der Waals surface area contributed by atoms with E-state index in [4.69, 9.17) is 14.2 Å². The van der Waals surface area contributed by atoms with Crippen LogP contribution in [0.1, 0.15) is 38.3 Å². The van der Waals surface area contributed by atoms with Gasteiger partial charge in [0.25, 0.3) is 0 Å². The Labute approximate surface area is 147 Å². The number of carbonyl (C=O) groups excluding carboxylic acids is 2. The zero-order chi connectivity index (χ0) is 18.4. The fraction of sp³-hybridized carbons (Fsp3) is 0.444. The number of methoxy groups -OCH3 is 2. The van der Waals surface area contributed by atoms with Crippen molar-refractivity contribution >= 4 is 12.0 Å². The van der Waals surface area contributed by atoms with Crippen molar-refractivity contribution in [1.82, 2.24) is 10.6 Å². The minimum Gasteiger partial charge on any atom is -0.497 e. The number of hydrogen-bond acceptors (Lipinski definition) is 5. The van der Waals surface area contributed by atoms with E-state index in [2.05, 4.69) is 10.6 Å². The quantitative estimate of drug-likeness (QED) is 0.584. The molecule has 0 saturated heterocycles. The Hall–Kier alpha value is -2.70. The van der Waals surface area contributed by atoms with Crippen molar-refractivity contribution in [3.8, 4) is 11.5 Å². The molecule has 136 valence electrons. The molecule has 1 aromatic carbocycles. The summed E-state index contributed by atoms with van der Waals surface area (Å²) in [5.74, 6) is 0.674. The lowest BCUT2D eigenvalue weighted by Crippen LogP contribution is -2.45. The fourth-order valence-corrected chi connectivity index (χ4v) is 2.64. The number of allylic oxidation sites excluding steroid dienone is 1. The smallest absolute Gasteiger partial charge is 0.338 e.